The predicted molar refractivity (Wildman–Crippen MR) is 85.6 cm³/mol. The number of hydrogen-bond acceptors (Lipinski definition) is 6. The van der Waals surface area contributed by atoms with Crippen molar-refractivity contribution in [3.8, 4) is 10.4 Å². The summed E-state index contributed by atoms with van der Waals surface area (Å²) in [5.74, 6) is -0.141. The number of anilines is 1. The summed E-state index contributed by atoms with van der Waals surface area (Å²) >= 11 is 1.29. The molecule has 0 unspecified atom stereocenters. The van der Waals surface area contributed by atoms with Gasteiger partial charge in [-0.2, -0.15) is 0 Å². The number of thiazole rings is 1. The van der Waals surface area contributed by atoms with E-state index in [2.05, 4.69) is 4.98 Å². The highest BCUT2D eigenvalue weighted by molar-refractivity contribution is 7.90. The molecule has 2 aromatic rings. The monoisotopic (exact) mass is 337 g/mol. The molecule has 0 radical (unpaired) electrons. The van der Waals surface area contributed by atoms with E-state index in [-0.39, 0.29) is 10.8 Å². The third-order valence-corrected chi connectivity index (χ3v) is 5.73. The molecule has 1 atom stereocenters. The van der Waals surface area contributed by atoms with Gasteiger partial charge in [-0.1, -0.05) is 29.5 Å². The second-order valence-electron chi connectivity index (χ2n) is 5.16. The molecule has 1 aliphatic heterocycles. The van der Waals surface area contributed by atoms with E-state index in [1.807, 2.05) is 0 Å². The van der Waals surface area contributed by atoms with Crippen LogP contribution in [0.4, 0.5) is 5.13 Å². The minimum absolute atomic E-state index is 0.141. The van der Waals surface area contributed by atoms with Gasteiger partial charge in [-0.05, 0) is 12.5 Å². The van der Waals surface area contributed by atoms with Crippen molar-refractivity contribution >= 4 is 32.2 Å². The zero-order chi connectivity index (χ0) is 15.9. The number of benzene rings is 1. The van der Waals surface area contributed by atoms with E-state index in [1.165, 1.54) is 17.6 Å². The first-order chi connectivity index (χ1) is 10.4. The normalized spacial score (nSPS) is 18.9. The molecule has 1 aromatic carbocycles. The molecular weight excluding hydrogens is 322 g/mol. The van der Waals surface area contributed by atoms with Crippen molar-refractivity contribution < 1.29 is 13.2 Å². The third-order valence-electron chi connectivity index (χ3n) is 3.52. The first-order valence-corrected chi connectivity index (χ1v) is 9.41. The molecule has 116 valence electrons. The van der Waals surface area contributed by atoms with Crippen LogP contribution in [-0.2, 0) is 14.6 Å². The molecule has 1 aromatic heterocycles. The topological polar surface area (TPSA) is 93.4 Å². The minimum Gasteiger partial charge on any atom is -0.320 e. The fourth-order valence-electron chi connectivity index (χ4n) is 2.40. The van der Waals surface area contributed by atoms with Crippen molar-refractivity contribution in [1.29, 1.82) is 0 Å². The second kappa shape index (κ2) is 5.45. The molecule has 1 amide bonds. The number of carbonyl (C=O) groups excluding carboxylic acids is 1. The third kappa shape index (κ3) is 2.65. The number of nitrogens with two attached hydrogens (primary N) is 1. The van der Waals surface area contributed by atoms with E-state index in [0.29, 0.717) is 28.5 Å². The van der Waals surface area contributed by atoms with Gasteiger partial charge in [-0.25, -0.2) is 13.4 Å². The number of nitrogens with zero attached hydrogens (tertiary/aromatic N) is 2. The van der Waals surface area contributed by atoms with E-state index in [9.17, 15) is 13.2 Å². The van der Waals surface area contributed by atoms with Crippen LogP contribution in [0.15, 0.2) is 35.4 Å². The fourth-order valence-corrected chi connectivity index (χ4v) is 4.35. The molecule has 1 fully saturated rings. The van der Waals surface area contributed by atoms with Gasteiger partial charge in [0.05, 0.1) is 15.8 Å². The summed E-state index contributed by atoms with van der Waals surface area (Å²) < 4.78 is 23.8. The average molecular weight is 337 g/mol. The maximum atomic E-state index is 11.9. The Hall–Kier alpha value is -1.77. The van der Waals surface area contributed by atoms with Gasteiger partial charge in [0.1, 0.15) is 0 Å². The lowest BCUT2D eigenvalue weighted by atomic mass is 10.2. The van der Waals surface area contributed by atoms with Crippen molar-refractivity contribution in [1.82, 2.24) is 4.98 Å². The number of rotatable bonds is 3. The smallest absolute Gasteiger partial charge is 0.245 e. The Balaban J connectivity index is 2.01. The first kappa shape index (κ1) is 15.1. The minimum atomic E-state index is -3.33. The molecule has 1 saturated heterocycles. The van der Waals surface area contributed by atoms with Crippen LogP contribution in [0.3, 0.4) is 0 Å². The molecule has 6 nitrogen and oxygen atoms in total. The van der Waals surface area contributed by atoms with E-state index in [0.717, 1.165) is 0 Å². The van der Waals surface area contributed by atoms with Gasteiger partial charge in [0.25, 0.3) is 0 Å². The zero-order valence-corrected chi connectivity index (χ0v) is 13.5. The molecule has 2 N–H and O–H groups in total. The van der Waals surface area contributed by atoms with Crippen molar-refractivity contribution in [2.45, 2.75) is 17.4 Å². The number of sulfone groups is 1. The fraction of sp³-hybridized carbons (Fsp3) is 0.286. The van der Waals surface area contributed by atoms with Crippen LogP contribution in [-0.4, -0.2) is 38.2 Å². The molecule has 0 aliphatic carbocycles. The van der Waals surface area contributed by atoms with Crippen LogP contribution < -0.4 is 10.6 Å². The van der Waals surface area contributed by atoms with E-state index in [1.54, 1.807) is 35.4 Å². The average Bonchev–Trinajstić information content (AvgIpc) is 3.06. The summed E-state index contributed by atoms with van der Waals surface area (Å²) in [6.07, 6.45) is 3.38. The Morgan fingerprint density at radius 2 is 2.09 bits per heavy atom. The van der Waals surface area contributed by atoms with Crippen LogP contribution in [0.25, 0.3) is 10.4 Å². The van der Waals surface area contributed by atoms with E-state index >= 15 is 0 Å². The summed E-state index contributed by atoms with van der Waals surface area (Å²) in [5, 5.41) is 0.552. The summed E-state index contributed by atoms with van der Waals surface area (Å²) in [6, 6.07) is 6.30. The van der Waals surface area contributed by atoms with Gasteiger partial charge in [0.2, 0.25) is 5.91 Å². The molecule has 0 bridgehead atoms. The lowest BCUT2D eigenvalue weighted by Gasteiger charge is -2.11. The largest absolute Gasteiger partial charge is 0.320 e. The summed E-state index contributed by atoms with van der Waals surface area (Å²) in [5.41, 5.74) is 6.31. The standard InChI is InChI=1S/C14H15N3O3S2/c1-22(19,20)12-5-3-2-4-9(12)11-8-16-14(21-11)17-7-6-10(15)13(17)18/h2-5,8,10H,6-7,15H2,1H3/t10-/m0/s1. The van der Waals surface area contributed by atoms with E-state index in [4.69, 9.17) is 5.73 Å². The van der Waals surface area contributed by atoms with Crippen LogP contribution in [0.5, 0.6) is 0 Å². The maximum absolute atomic E-state index is 11.9. The van der Waals surface area contributed by atoms with Crippen LogP contribution in [0.1, 0.15) is 6.42 Å². The summed E-state index contributed by atoms with van der Waals surface area (Å²) in [4.78, 5) is 18.7. The molecule has 1 aliphatic rings. The first-order valence-electron chi connectivity index (χ1n) is 6.70. The van der Waals surface area contributed by atoms with Gasteiger partial charge in [0.15, 0.2) is 15.0 Å². The highest BCUT2D eigenvalue weighted by atomic mass is 32.2. The number of hydrogen-bond donors (Lipinski definition) is 1. The Kier molecular flexibility index (Phi) is 3.75. The quantitative estimate of drug-likeness (QED) is 0.910. The van der Waals surface area contributed by atoms with Crippen molar-refractivity contribution in [2.75, 3.05) is 17.7 Å². The number of amides is 1. The molecule has 22 heavy (non-hydrogen) atoms. The number of aromatic nitrogens is 1. The lowest BCUT2D eigenvalue weighted by Crippen LogP contribution is -2.33. The van der Waals surface area contributed by atoms with Crippen LogP contribution in [0.2, 0.25) is 0 Å². The van der Waals surface area contributed by atoms with Crippen molar-refractivity contribution in [3.63, 3.8) is 0 Å². The van der Waals surface area contributed by atoms with Crippen molar-refractivity contribution in [2.24, 2.45) is 5.73 Å². The Bertz CT molecular complexity index is 829. The van der Waals surface area contributed by atoms with Crippen molar-refractivity contribution in [3.05, 3.63) is 30.5 Å². The second-order valence-corrected chi connectivity index (χ2v) is 8.15. The molecule has 8 heteroatoms. The molecule has 3 rings (SSSR count). The van der Waals surface area contributed by atoms with E-state index < -0.39 is 15.9 Å². The Morgan fingerprint density at radius 1 is 1.36 bits per heavy atom. The van der Waals surface area contributed by atoms with Crippen LogP contribution in [0, 0.1) is 0 Å². The molecular formula is C14H15N3O3S2. The summed E-state index contributed by atoms with van der Waals surface area (Å²) in [6.45, 7) is 0.542. The zero-order valence-electron chi connectivity index (χ0n) is 11.9. The highest BCUT2D eigenvalue weighted by Crippen LogP contribution is 2.35. The molecule has 0 saturated carbocycles. The maximum Gasteiger partial charge on any atom is 0.245 e. The van der Waals surface area contributed by atoms with Gasteiger partial charge in [-0.3, -0.25) is 9.69 Å². The SMILES string of the molecule is CS(=O)(=O)c1ccccc1-c1cnc(N2CC[C@H](N)C2=O)s1. The van der Waals surface area contributed by atoms with Gasteiger partial charge in [-0.15, -0.1) is 0 Å². The highest BCUT2D eigenvalue weighted by Gasteiger charge is 2.31. The number of carbonyl (C=O) groups is 1. The predicted octanol–water partition coefficient (Wildman–Crippen LogP) is 1.28. The van der Waals surface area contributed by atoms with Gasteiger partial charge in [0, 0.05) is 24.6 Å². The van der Waals surface area contributed by atoms with Crippen LogP contribution >= 0.6 is 11.3 Å². The Morgan fingerprint density at radius 3 is 2.73 bits per heavy atom. The molecule has 2 heterocycles. The summed E-state index contributed by atoms with van der Waals surface area (Å²) in [7, 11) is -3.33. The van der Waals surface area contributed by atoms with Gasteiger partial charge >= 0.3 is 0 Å². The lowest BCUT2D eigenvalue weighted by molar-refractivity contribution is -0.118. The van der Waals surface area contributed by atoms with Gasteiger partial charge < -0.3 is 5.73 Å². The Labute approximate surface area is 132 Å². The molecule has 0 spiro atoms.